The summed E-state index contributed by atoms with van der Waals surface area (Å²) in [4.78, 5) is 2.32. The summed E-state index contributed by atoms with van der Waals surface area (Å²) < 4.78 is 0. The van der Waals surface area contributed by atoms with Crippen LogP contribution in [-0.4, -0.2) is 0 Å². The zero-order valence-corrected chi connectivity index (χ0v) is 46.4. The Labute approximate surface area is 462 Å². The molecule has 0 aliphatic heterocycles. The maximum atomic E-state index is 3.91. The van der Waals surface area contributed by atoms with E-state index in [4.69, 9.17) is 0 Å². The lowest BCUT2D eigenvalue weighted by molar-refractivity contribution is 0.973. The number of rotatable bonds is 16. The summed E-state index contributed by atoms with van der Waals surface area (Å²) >= 11 is 0. The molecule has 0 spiro atoms. The highest BCUT2D eigenvalue weighted by atomic mass is 15.1. The fourth-order valence-electron chi connectivity index (χ4n) is 9.17. The molecule has 0 saturated heterocycles. The van der Waals surface area contributed by atoms with Crippen molar-refractivity contribution < 1.29 is 0 Å². The number of benzene rings is 9. The monoisotopic (exact) mass is 1000 g/mol. The van der Waals surface area contributed by atoms with Crippen molar-refractivity contribution in [1.82, 2.24) is 0 Å². The third-order valence-electron chi connectivity index (χ3n) is 13.2. The van der Waals surface area contributed by atoms with Crippen molar-refractivity contribution in [3.05, 3.63) is 332 Å². The Bertz CT molecular complexity index is 3240. The van der Waals surface area contributed by atoms with Gasteiger partial charge in [-0.2, -0.15) is 0 Å². The van der Waals surface area contributed by atoms with Gasteiger partial charge in [0, 0.05) is 17.1 Å². The molecule has 1 heteroatoms. The van der Waals surface area contributed by atoms with Crippen LogP contribution in [-0.2, 0) is 6.42 Å². The molecule has 0 amide bonds. The number of fused-ring (bicyclic) bond motifs is 1. The van der Waals surface area contributed by atoms with Crippen LogP contribution in [0.5, 0.6) is 0 Å². The van der Waals surface area contributed by atoms with E-state index in [2.05, 4.69) is 333 Å². The van der Waals surface area contributed by atoms with E-state index in [0.29, 0.717) is 0 Å². The highest BCUT2D eigenvalue weighted by molar-refractivity contribution is 5.85. The summed E-state index contributed by atoms with van der Waals surface area (Å²) in [5.74, 6) is 0. The van der Waals surface area contributed by atoms with Crippen LogP contribution in [0.25, 0.3) is 44.2 Å². The van der Waals surface area contributed by atoms with Crippen molar-refractivity contribution >= 4 is 39.0 Å². The third-order valence-corrected chi connectivity index (χ3v) is 13.2. The van der Waals surface area contributed by atoms with Gasteiger partial charge in [-0.3, -0.25) is 0 Å². The molecular weight excluding hydrogens is 927 g/mol. The minimum absolute atomic E-state index is 0.937. The highest BCUT2D eigenvalue weighted by Gasteiger charge is 2.14. The summed E-state index contributed by atoms with van der Waals surface area (Å²) in [6, 6.07) is 81.8. The van der Waals surface area contributed by atoms with Crippen molar-refractivity contribution in [2.45, 2.75) is 67.2 Å². The molecule has 0 aliphatic rings. The number of allylic oxidation sites excluding steroid dienone is 11. The van der Waals surface area contributed by atoms with Crippen molar-refractivity contribution in [2.75, 3.05) is 4.90 Å². The van der Waals surface area contributed by atoms with E-state index in [1.807, 2.05) is 6.08 Å². The van der Waals surface area contributed by atoms with Gasteiger partial charge in [0.15, 0.2) is 0 Å². The van der Waals surface area contributed by atoms with Crippen LogP contribution in [0.2, 0.25) is 0 Å². The van der Waals surface area contributed by atoms with E-state index in [9.17, 15) is 0 Å². The Morgan fingerprint density at radius 2 is 0.987 bits per heavy atom. The SMILES string of the molecule is C=C.C=C/C=C(\CCC)c1ccc(N(c2ccc(-c3ccccc3)cc2)c2ccc(-c3ccccc3)cc2)cc1.C\C=C/C(=C\CC)C(=C/Cc1ccc(C)cc1)/C=C(\C)c1ccccc1.Cc1cccc2ccccc12. The fraction of sp³-hybridized carbons (Fsp3) is 0.132. The van der Waals surface area contributed by atoms with Gasteiger partial charge in [-0.05, 0) is 161 Å². The second kappa shape index (κ2) is 31.2. The predicted octanol–water partition coefficient (Wildman–Crippen LogP) is 22.3. The van der Waals surface area contributed by atoms with Gasteiger partial charge in [-0.25, -0.2) is 0 Å². The summed E-state index contributed by atoms with van der Waals surface area (Å²) in [5, 5.41) is 2.68. The largest absolute Gasteiger partial charge is 0.311 e. The lowest BCUT2D eigenvalue weighted by Crippen LogP contribution is -2.10. The molecule has 0 aliphatic carbocycles. The molecule has 0 unspecified atom stereocenters. The molecule has 9 rings (SSSR count). The Morgan fingerprint density at radius 1 is 0.494 bits per heavy atom. The van der Waals surface area contributed by atoms with Crippen molar-refractivity contribution in [3.8, 4) is 22.3 Å². The Balaban J connectivity index is 0.000000211. The summed E-state index contributed by atoms with van der Waals surface area (Å²) in [6.45, 7) is 22.8. The van der Waals surface area contributed by atoms with Crippen LogP contribution in [0.15, 0.2) is 304 Å². The Morgan fingerprint density at radius 3 is 1.49 bits per heavy atom. The Hall–Kier alpha value is -8.78. The average molecular weight is 1000 g/mol. The first kappa shape index (κ1) is 57.5. The van der Waals surface area contributed by atoms with E-state index in [1.165, 1.54) is 83.1 Å². The van der Waals surface area contributed by atoms with E-state index in [0.717, 1.165) is 42.7 Å². The highest BCUT2D eigenvalue weighted by Crippen LogP contribution is 2.38. The second-order valence-corrected chi connectivity index (χ2v) is 18.8. The molecule has 77 heavy (non-hydrogen) atoms. The van der Waals surface area contributed by atoms with Gasteiger partial charge in [-0.1, -0.05) is 269 Å². The van der Waals surface area contributed by atoms with E-state index < -0.39 is 0 Å². The third kappa shape index (κ3) is 17.1. The molecule has 0 bridgehead atoms. The van der Waals surface area contributed by atoms with Crippen LogP contribution >= 0.6 is 0 Å². The Kier molecular flexibility index (Phi) is 23.3. The number of aryl methyl sites for hydroxylation is 2. The number of hydrogen-bond acceptors (Lipinski definition) is 1. The summed E-state index contributed by atoms with van der Waals surface area (Å²) in [5.41, 5.74) is 19.9. The minimum Gasteiger partial charge on any atom is -0.311 e. The molecule has 0 N–H and O–H groups in total. The quantitative estimate of drug-likeness (QED) is 0.0689. The van der Waals surface area contributed by atoms with Crippen LogP contribution in [0.4, 0.5) is 17.1 Å². The van der Waals surface area contributed by atoms with Crippen molar-refractivity contribution in [3.63, 3.8) is 0 Å². The number of hydrogen-bond donors (Lipinski definition) is 0. The first-order chi connectivity index (χ1) is 37.8. The van der Waals surface area contributed by atoms with E-state index >= 15 is 0 Å². The van der Waals surface area contributed by atoms with Crippen molar-refractivity contribution in [2.24, 2.45) is 0 Å². The molecule has 0 saturated carbocycles. The van der Waals surface area contributed by atoms with Gasteiger partial charge >= 0.3 is 0 Å². The zero-order chi connectivity index (χ0) is 54.6. The smallest absolute Gasteiger partial charge is 0.0462 e. The minimum atomic E-state index is 0.937. The normalized spacial score (nSPS) is 11.6. The lowest BCUT2D eigenvalue weighted by Gasteiger charge is -2.26. The van der Waals surface area contributed by atoms with Crippen LogP contribution in [0.3, 0.4) is 0 Å². The maximum absolute atomic E-state index is 3.91. The first-order valence-electron chi connectivity index (χ1n) is 27.1. The number of anilines is 3. The van der Waals surface area contributed by atoms with Gasteiger partial charge in [0.1, 0.15) is 0 Å². The van der Waals surface area contributed by atoms with Gasteiger partial charge in [0.25, 0.3) is 0 Å². The zero-order valence-electron chi connectivity index (χ0n) is 46.4. The average Bonchev–Trinajstić information content (AvgIpc) is 3.49. The molecule has 9 aromatic rings. The first-order valence-corrected chi connectivity index (χ1v) is 27.1. The van der Waals surface area contributed by atoms with Crippen LogP contribution < -0.4 is 4.90 Å². The molecule has 1 nitrogen and oxygen atoms in total. The number of nitrogens with zero attached hydrogens (tertiary/aromatic N) is 1. The summed E-state index contributed by atoms with van der Waals surface area (Å²) in [7, 11) is 0. The van der Waals surface area contributed by atoms with E-state index in [1.54, 1.807) is 0 Å². The van der Waals surface area contributed by atoms with Crippen molar-refractivity contribution in [1.29, 1.82) is 0 Å². The summed E-state index contributed by atoms with van der Waals surface area (Å²) in [6.07, 6.45) is 19.4. The van der Waals surface area contributed by atoms with Gasteiger partial charge in [-0.15, -0.1) is 13.2 Å². The molecule has 0 fully saturated rings. The maximum Gasteiger partial charge on any atom is 0.0462 e. The van der Waals surface area contributed by atoms with Gasteiger partial charge in [0.2, 0.25) is 0 Å². The van der Waals surface area contributed by atoms with Crippen LogP contribution in [0.1, 0.15) is 74.8 Å². The lowest BCUT2D eigenvalue weighted by atomic mass is 9.96. The predicted molar refractivity (Wildman–Crippen MR) is 341 cm³/mol. The molecule has 0 atom stereocenters. The molecular formula is C76H77N. The molecule has 0 aromatic heterocycles. The topological polar surface area (TPSA) is 3.24 Å². The van der Waals surface area contributed by atoms with E-state index in [-0.39, 0.29) is 0 Å². The molecule has 386 valence electrons. The van der Waals surface area contributed by atoms with Gasteiger partial charge < -0.3 is 4.90 Å². The molecule has 0 radical (unpaired) electrons. The molecule has 0 heterocycles. The standard InChI is InChI=1S/C37H33N.C26H30.C11H10.C2H4/c1-3-11-29(12-4-2)32-17-23-35(24-18-32)38(36-25-19-33(20-26-36)30-13-7-5-8-14-30)37-27-21-34(22-28-37)31-15-9-6-10-16-31;1-5-10-25(11-6-2)26(19-18-23-16-14-21(3)15-17-23)20-22(4)24-12-8-7-9-13-24;1-9-5-4-7-10-6-2-3-8-11(9)10;1-2/h3,5-11,13-28H,1,4,12H2,2H3;5,7-17,19-20H,6,18H2,1-4H3;2-8H,1H3;1-2H2/b29-11+;10-5-,22-20+,25-11+,26-19+;;. The second-order valence-electron chi connectivity index (χ2n) is 18.8. The molecule has 9 aromatic carbocycles. The fourth-order valence-corrected chi connectivity index (χ4v) is 9.17. The van der Waals surface area contributed by atoms with Crippen LogP contribution in [0, 0.1) is 13.8 Å². The van der Waals surface area contributed by atoms with Gasteiger partial charge in [0.05, 0.1) is 0 Å².